The van der Waals surface area contributed by atoms with Gasteiger partial charge in [0.1, 0.15) is 5.75 Å². The third kappa shape index (κ3) is 4.70. The smallest absolute Gasteiger partial charge is 0.295 e. The first-order valence-corrected chi connectivity index (χ1v) is 11.6. The number of nitrogens with one attached hydrogen (secondary N) is 1. The van der Waals surface area contributed by atoms with Crippen LogP contribution in [0.3, 0.4) is 0 Å². The SMILES string of the molecule is COc1cccc(C2/C(=C(\[O-])c3cnn(-c4ccccc4)c3C)C(=O)C(=O)N2CCC[NH+](C)C)c1. The van der Waals surface area contributed by atoms with Crippen molar-refractivity contribution in [2.24, 2.45) is 0 Å². The molecule has 1 unspecified atom stereocenters. The van der Waals surface area contributed by atoms with E-state index in [-0.39, 0.29) is 5.57 Å². The van der Waals surface area contributed by atoms with Gasteiger partial charge in [-0.15, -0.1) is 0 Å². The number of likely N-dealkylation sites (tertiary alicyclic amines) is 1. The second-order valence-corrected chi connectivity index (χ2v) is 8.95. The summed E-state index contributed by atoms with van der Waals surface area (Å²) in [6.07, 6.45) is 2.17. The summed E-state index contributed by atoms with van der Waals surface area (Å²) in [7, 11) is 5.62. The summed E-state index contributed by atoms with van der Waals surface area (Å²) in [5, 5.41) is 18.2. The Hall–Kier alpha value is -3.91. The maximum absolute atomic E-state index is 13.8. The largest absolute Gasteiger partial charge is 0.872 e. The van der Waals surface area contributed by atoms with Crippen molar-refractivity contribution < 1.29 is 24.3 Å². The minimum absolute atomic E-state index is 0.0452. The van der Waals surface area contributed by atoms with Gasteiger partial charge in [0.15, 0.2) is 0 Å². The van der Waals surface area contributed by atoms with Crippen LogP contribution in [0.1, 0.15) is 29.3 Å². The fourth-order valence-corrected chi connectivity index (χ4v) is 4.47. The number of hydrogen-bond acceptors (Lipinski definition) is 5. The number of benzene rings is 2. The predicted molar refractivity (Wildman–Crippen MR) is 130 cm³/mol. The van der Waals surface area contributed by atoms with Crippen molar-refractivity contribution in [1.29, 1.82) is 0 Å². The van der Waals surface area contributed by atoms with E-state index >= 15 is 0 Å². The molecule has 182 valence electrons. The number of rotatable bonds is 8. The lowest BCUT2D eigenvalue weighted by Gasteiger charge is -2.27. The van der Waals surface area contributed by atoms with Crippen LogP contribution in [-0.4, -0.2) is 60.7 Å². The molecule has 0 saturated carbocycles. The summed E-state index contributed by atoms with van der Waals surface area (Å²) in [6.45, 7) is 2.99. The van der Waals surface area contributed by atoms with Crippen LogP contribution in [0.4, 0.5) is 0 Å². The van der Waals surface area contributed by atoms with Gasteiger partial charge in [0, 0.05) is 29.8 Å². The van der Waals surface area contributed by atoms with Gasteiger partial charge in [-0.1, -0.05) is 36.1 Å². The average Bonchev–Trinajstić information content (AvgIpc) is 3.36. The summed E-state index contributed by atoms with van der Waals surface area (Å²) in [5.74, 6) is -1.29. The third-order valence-electron chi connectivity index (χ3n) is 6.27. The number of amides is 1. The number of nitrogens with zero attached hydrogens (tertiary/aromatic N) is 3. The number of para-hydroxylation sites is 1. The van der Waals surface area contributed by atoms with E-state index in [1.165, 1.54) is 16.0 Å². The molecule has 3 aromatic rings. The number of hydrogen-bond donors (Lipinski definition) is 1. The van der Waals surface area contributed by atoms with Gasteiger partial charge in [0.25, 0.3) is 5.91 Å². The number of carbonyl (C=O) groups is 2. The molecular weight excluding hydrogens is 444 g/mol. The molecule has 1 aromatic heterocycles. The molecule has 1 aliphatic heterocycles. The highest BCUT2D eigenvalue weighted by Gasteiger charge is 2.44. The van der Waals surface area contributed by atoms with E-state index in [2.05, 4.69) is 5.10 Å². The fourth-order valence-electron chi connectivity index (χ4n) is 4.47. The van der Waals surface area contributed by atoms with Crippen molar-refractivity contribution in [3.8, 4) is 11.4 Å². The highest BCUT2D eigenvalue weighted by Crippen LogP contribution is 2.40. The maximum atomic E-state index is 13.8. The molecule has 35 heavy (non-hydrogen) atoms. The van der Waals surface area contributed by atoms with Crippen LogP contribution in [-0.2, 0) is 9.59 Å². The Labute approximate surface area is 205 Å². The molecular formula is C27H30N4O4. The zero-order valence-corrected chi connectivity index (χ0v) is 20.4. The monoisotopic (exact) mass is 474 g/mol. The van der Waals surface area contributed by atoms with Crippen LogP contribution in [0.5, 0.6) is 5.75 Å². The molecule has 1 saturated heterocycles. The summed E-state index contributed by atoms with van der Waals surface area (Å²) >= 11 is 0. The van der Waals surface area contributed by atoms with Gasteiger partial charge < -0.3 is 19.6 Å². The first-order valence-electron chi connectivity index (χ1n) is 11.6. The molecule has 0 bridgehead atoms. The van der Waals surface area contributed by atoms with Gasteiger partial charge in [-0.05, 0) is 36.8 Å². The van der Waals surface area contributed by atoms with Crippen LogP contribution in [0.15, 0.2) is 66.4 Å². The van der Waals surface area contributed by atoms with E-state index in [4.69, 9.17) is 4.74 Å². The Morgan fingerprint density at radius 2 is 1.86 bits per heavy atom. The summed E-state index contributed by atoms with van der Waals surface area (Å²) in [6, 6.07) is 15.8. The molecule has 1 atom stereocenters. The van der Waals surface area contributed by atoms with Crippen molar-refractivity contribution in [3.63, 3.8) is 0 Å². The Morgan fingerprint density at radius 3 is 2.54 bits per heavy atom. The number of quaternary nitrogens is 1. The van der Waals surface area contributed by atoms with Crippen LogP contribution in [0.25, 0.3) is 11.4 Å². The van der Waals surface area contributed by atoms with Gasteiger partial charge in [-0.25, -0.2) is 4.68 Å². The van der Waals surface area contributed by atoms with E-state index in [1.54, 1.807) is 36.9 Å². The van der Waals surface area contributed by atoms with Crippen molar-refractivity contribution >= 4 is 17.4 Å². The zero-order valence-electron chi connectivity index (χ0n) is 20.4. The van der Waals surface area contributed by atoms with E-state index in [1.807, 2.05) is 50.5 Å². The lowest BCUT2D eigenvalue weighted by Crippen LogP contribution is -3.05. The van der Waals surface area contributed by atoms with Gasteiger partial charge in [0.05, 0.1) is 45.7 Å². The molecule has 1 fully saturated rings. The fraction of sp³-hybridized carbons (Fsp3) is 0.296. The lowest BCUT2D eigenvalue weighted by atomic mass is 9.95. The van der Waals surface area contributed by atoms with Crippen molar-refractivity contribution in [1.82, 2.24) is 14.7 Å². The molecule has 0 aliphatic carbocycles. The van der Waals surface area contributed by atoms with Gasteiger partial charge in [0.2, 0.25) is 5.78 Å². The second-order valence-electron chi connectivity index (χ2n) is 8.95. The summed E-state index contributed by atoms with van der Waals surface area (Å²) in [4.78, 5) is 29.1. The first kappa shape index (κ1) is 24.2. The van der Waals surface area contributed by atoms with Crippen LogP contribution in [0, 0.1) is 6.92 Å². The molecule has 2 heterocycles. The Morgan fingerprint density at radius 1 is 1.11 bits per heavy atom. The number of ketones is 1. The van der Waals surface area contributed by atoms with Crippen LogP contribution >= 0.6 is 0 Å². The molecule has 1 N–H and O–H groups in total. The molecule has 8 nitrogen and oxygen atoms in total. The van der Waals surface area contributed by atoms with E-state index in [9.17, 15) is 14.7 Å². The minimum atomic E-state index is -0.783. The molecule has 0 spiro atoms. The predicted octanol–water partition coefficient (Wildman–Crippen LogP) is 0.948. The van der Waals surface area contributed by atoms with Gasteiger partial charge in [-0.2, -0.15) is 5.10 Å². The van der Waals surface area contributed by atoms with Crippen LogP contribution < -0.4 is 14.7 Å². The summed E-state index contributed by atoms with van der Waals surface area (Å²) in [5.41, 5.74) is 2.33. The van der Waals surface area contributed by atoms with Gasteiger partial charge >= 0.3 is 0 Å². The summed E-state index contributed by atoms with van der Waals surface area (Å²) < 4.78 is 7.03. The topological polar surface area (TPSA) is 91.9 Å². The number of Topliss-reactive ketones (excluding diaryl/α,β-unsaturated/α-hetero) is 1. The highest BCUT2D eigenvalue weighted by molar-refractivity contribution is 6.46. The number of carbonyl (C=O) groups excluding carboxylic acids is 2. The van der Waals surface area contributed by atoms with Crippen LogP contribution in [0.2, 0.25) is 0 Å². The van der Waals surface area contributed by atoms with E-state index in [0.717, 1.165) is 12.2 Å². The maximum Gasteiger partial charge on any atom is 0.295 e. The number of aromatic nitrogens is 2. The Kier molecular flexibility index (Phi) is 7.02. The van der Waals surface area contributed by atoms with Crippen molar-refractivity contribution in [2.75, 3.05) is 34.3 Å². The third-order valence-corrected chi connectivity index (χ3v) is 6.27. The van der Waals surface area contributed by atoms with Gasteiger partial charge in [-0.3, -0.25) is 9.59 Å². The first-order chi connectivity index (χ1) is 16.8. The molecule has 2 aromatic carbocycles. The second kappa shape index (κ2) is 10.1. The minimum Gasteiger partial charge on any atom is -0.872 e. The zero-order chi connectivity index (χ0) is 25.1. The number of methoxy groups -OCH3 is 1. The molecule has 4 rings (SSSR count). The Bertz CT molecular complexity index is 1260. The normalized spacial score (nSPS) is 17.4. The lowest BCUT2D eigenvalue weighted by molar-refractivity contribution is -0.858. The molecule has 8 heteroatoms. The molecule has 1 aliphatic rings. The van der Waals surface area contributed by atoms with Crippen molar-refractivity contribution in [3.05, 3.63) is 83.2 Å². The van der Waals surface area contributed by atoms with E-state index in [0.29, 0.717) is 35.5 Å². The van der Waals surface area contributed by atoms with E-state index < -0.39 is 23.5 Å². The quantitative estimate of drug-likeness (QED) is 0.298. The highest BCUT2D eigenvalue weighted by atomic mass is 16.5. The molecule has 0 radical (unpaired) electrons. The standard InChI is InChI=1S/C27H30N4O4/c1-18-22(17-28-31(18)20-11-6-5-7-12-20)25(32)23-24(19-10-8-13-21(16-19)35-4)30(27(34)26(23)33)15-9-14-29(2)3/h5-8,10-13,16-17,24,32H,9,14-15H2,1-4H3/b25-23+. The average molecular weight is 475 g/mol. The molecule has 1 amide bonds. The number of ether oxygens (including phenoxy) is 1. The Balaban J connectivity index is 1.82. The van der Waals surface area contributed by atoms with Crippen molar-refractivity contribution in [2.45, 2.75) is 19.4 Å².